The smallest absolute Gasteiger partial charge is 0.254 e. The van der Waals surface area contributed by atoms with Gasteiger partial charge in [0, 0.05) is 12.7 Å². The molecule has 0 fully saturated rings. The summed E-state index contributed by atoms with van der Waals surface area (Å²) in [6, 6.07) is 16.0. The minimum absolute atomic E-state index is 0.0307. The van der Waals surface area contributed by atoms with Gasteiger partial charge in [-0.2, -0.15) is 5.10 Å². The highest BCUT2D eigenvalue weighted by molar-refractivity contribution is 5.94. The number of halogens is 1. The van der Waals surface area contributed by atoms with Crippen LogP contribution in [0.25, 0.3) is 0 Å². The van der Waals surface area contributed by atoms with Gasteiger partial charge in [0.1, 0.15) is 11.9 Å². The molecule has 6 heteroatoms. The molecule has 1 aliphatic rings. The van der Waals surface area contributed by atoms with Crippen molar-refractivity contribution >= 4 is 5.91 Å². The second-order valence-corrected chi connectivity index (χ2v) is 6.52. The van der Waals surface area contributed by atoms with E-state index in [9.17, 15) is 9.18 Å². The van der Waals surface area contributed by atoms with E-state index in [4.69, 9.17) is 4.74 Å². The fourth-order valence-corrected chi connectivity index (χ4v) is 3.26. The molecule has 27 heavy (non-hydrogen) atoms. The topological polar surface area (TPSA) is 56.1 Å². The van der Waals surface area contributed by atoms with Crippen molar-refractivity contribution < 1.29 is 13.9 Å². The fraction of sp³-hybridized carbons (Fsp3) is 0.238. The van der Waals surface area contributed by atoms with Crippen LogP contribution in [-0.2, 0) is 17.7 Å². The zero-order valence-electron chi connectivity index (χ0n) is 14.8. The Hall–Kier alpha value is -2.99. The molecule has 3 aromatic rings. The Bertz CT molecular complexity index is 940. The van der Waals surface area contributed by atoms with E-state index in [2.05, 4.69) is 22.5 Å². The third-order valence-corrected chi connectivity index (χ3v) is 4.62. The van der Waals surface area contributed by atoms with Gasteiger partial charge in [0.15, 0.2) is 0 Å². The van der Waals surface area contributed by atoms with Crippen molar-refractivity contribution in [2.75, 3.05) is 13.2 Å². The molecule has 0 saturated carbocycles. The van der Waals surface area contributed by atoms with Crippen molar-refractivity contribution in [3.63, 3.8) is 0 Å². The summed E-state index contributed by atoms with van der Waals surface area (Å²) in [5.74, 6) is -0.986. The molecule has 0 radical (unpaired) electrons. The summed E-state index contributed by atoms with van der Waals surface area (Å²) >= 11 is 0. The molecule has 2 aromatic carbocycles. The number of carbonyl (C=O) groups excluding carboxylic acids is 1. The van der Waals surface area contributed by atoms with Crippen LogP contribution in [0, 0.1) is 5.82 Å². The second kappa shape index (κ2) is 7.72. The quantitative estimate of drug-likeness (QED) is 0.756. The lowest BCUT2D eigenvalue weighted by Gasteiger charge is -2.22. The first kappa shape index (κ1) is 17.4. The largest absolute Gasteiger partial charge is 0.370 e. The normalized spacial score (nSPS) is 16.0. The van der Waals surface area contributed by atoms with Crippen molar-refractivity contribution in [2.45, 2.75) is 19.1 Å². The molecule has 4 rings (SSSR count). The van der Waals surface area contributed by atoms with Crippen LogP contribution in [0.3, 0.4) is 0 Å². The van der Waals surface area contributed by atoms with Crippen molar-refractivity contribution in [1.82, 2.24) is 15.1 Å². The molecule has 5 nitrogen and oxygen atoms in total. The molecule has 0 aliphatic carbocycles. The lowest BCUT2D eigenvalue weighted by Crippen LogP contribution is -2.32. The molecule has 1 atom stereocenters. The number of hydrogen-bond acceptors (Lipinski definition) is 3. The highest BCUT2D eigenvalue weighted by Crippen LogP contribution is 2.25. The van der Waals surface area contributed by atoms with Gasteiger partial charge in [-0.25, -0.2) is 4.39 Å². The lowest BCUT2D eigenvalue weighted by atomic mass is 10.1. The van der Waals surface area contributed by atoms with Gasteiger partial charge in [-0.3, -0.25) is 9.48 Å². The van der Waals surface area contributed by atoms with Crippen LogP contribution in [0.4, 0.5) is 4.39 Å². The number of carbonyl (C=O) groups is 1. The number of nitrogens with zero attached hydrogens (tertiary/aromatic N) is 2. The standard InChI is InChI=1S/C21H20FN3O2/c22-18-9-5-4-8-17(18)21(26)23-12-19-20-16(10-11-27-19)14-25(24-20)13-15-6-2-1-3-7-15/h1-9,14,19H,10-13H2,(H,23,26)/t19-/m1/s1. The highest BCUT2D eigenvalue weighted by atomic mass is 19.1. The summed E-state index contributed by atoms with van der Waals surface area (Å²) < 4.78 is 21.5. The molecular formula is C21H20FN3O2. The third kappa shape index (κ3) is 3.90. The van der Waals surface area contributed by atoms with Gasteiger partial charge in [0.25, 0.3) is 5.91 Å². The van der Waals surface area contributed by atoms with Gasteiger partial charge < -0.3 is 10.1 Å². The Morgan fingerprint density at radius 3 is 2.78 bits per heavy atom. The average Bonchev–Trinajstić information content (AvgIpc) is 3.10. The summed E-state index contributed by atoms with van der Waals surface area (Å²) in [5, 5.41) is 7.42. The third-order valence-electron chi connectivity index (χ3n) is 4.62. The van der Waals surface area contributed by atoms with E-state index in [0.29, 0.717) is 13.2 Å². The maximum Gasteiger partial charge on any atom is 0.254 e. The van der Waals surface area contributed by atoms with Crippen LogP contribution in [0.5, 0.6) is 0 Å². The molecule has 2 heterocycles. The van der Waals surface area contributed by atoms with E-state index in [1.165, 1.54) is 17.7 Å². The van der Waals surface area contributed by atoms with E-state index < -0.39 is 11.7 Å². The van der Waals surface area contributed by atoms with Gasteiger partial charge in [0.2, 0.25) is 0 Å². The number of hydrogen-bond donors (Lipinski definition) is 1. The Balaban J connectivity index is 1.45. The Morgan fingerprint density at radius 1 is 1.19 bits per heavy atom. The fourth-order valence-electron chi connectivity index (χ4n) is 3.26. The van der Waals surface area contributed by atoms with Crippen LogP contribution < -0.4 is 5.32 Å². The zero-order chi connectivity index (χ0) is 18.6. The molecule has 0 unspecified atom stereocenters. The molecule has 0 spiro atoms. The van der Waals surface area contributed by atoms with Gasteiger partial charge in [-0.15, -0.1) is 0 Å². The minimum Gasteiger partial charge on any atom is -0.370 e. The second-order valence-electron chi connectivity index (χ2n) is 6.52. The highest BCUT2D eigenvalue weighted by Gasteiger charge is 2.25. The first-order valence-corrected chi connectivity index (χ1v) is 8.95. The number of amides is 1. The maximum absolute atomic E-state index is 13.7. The Labute approximate surface area is 156 Å². The minimum atomic E-state index is -0.535. The molecule has 1 amide bonds. The monoisotopic (exact) mass is 365 g/mol. The zero-order valence-corrected chi connectivity index (χ0v) is 14.8. The van der Waals surface area contributed by atoms with Crippen molar-refractivity contribution in [3.8, 4) is 0 Å². The number of fused-ring (bicyclic) bond motifs is 1. The van der Waals surface area contributed by atoms with Gasteiger partial charge >= 0.3 is 0 Å². The van der Waals surface area contributed by atoms with Crippen LogP contribution in [-0.4, -0.2) is 28.8 Å². The molecule has 1 aromatic heterocycles. The van der Waals surface area contributed by atoms with E-state index in [1.807, 2.05) is 29.1 Å². The van der Waals surface area contributed by atoms with Crippen molar-refractivity contribution in [1.29, 1.82) is 0 Å². The van der Waals surface area contributed by atoms with Gasteiger partial charge in [-0.05, 0) is 29.7 Å². The van der Waals surface area contributed by atoms with E-state index in [0.717, 1.165) is 17.7 Å². The summed E-state index contributed by atoms with van der Waals surface area (Å²) in [5.41, 5.74) is 3.17. The van der Waals surface area contributed by atoms with E-state index >= 15 is 0 Å². The summed E-state index contributed by atoms with van der Waals surface area (Å²) in [6.07, 6.45) is 2.50. The van der Waals surface area contributed by atoms with Crippen molar-refractivity contribution in [3.05, 3.63) is 89.0 Å². The number of aromatic nitrogens is 2. The predicted octanol–water partition coefficient (Wildman–Crippen LogP) is 3.11. The van der Waals surface area contributed by atoms with E-state index in [-0.39, 0.29) is 18.2 Å². The first-order chi connectivity index (χ1) is 13.2. The van der Waals surface area contributed by atoms with Crippen LogP contribution in [0.2, 0.25) is 0 Å². The molecule has 0 bridgehead atoms. The van der Waals surface area contributed by atoms with Crippen LogP contribution in [0.15, 0.2) is 60.8 Å². The van der Waals surface area contributed by atoms with E-state index in [1.54, 1.807) is 12.1 Å². The van der Waals surface area contributed by atoms with Crippen LogP contribution >= 0.6 is 0 Å². The molecule has 138 valence electrons. The van der Waals surface area contributed by atoms with Gasteiger partial charge in [0.05, 0.1) is 24.4 Å². The predicted molar refractivity (Wildman–Crippen MR) is 98.9 cm³/mol. The van der Waals surface area contributed by atoms with Crippen LogP contribution in [0.1, 0.15) is 33.3 Å². The SMILES string of the molecule is O=C(NC[C@H]1OCCc2cn(Cc3ccccc3)nc21)c1ccccc1F. The Kier molecular flexibility index (Phi) is 4.98. The summed E-state index contributed by atoms with van der Waals surface area (Å²) in [7, 11) is 0. The molecule has 0 saturated heterocycles. The molecule has 1 aliphatic heterocycles. The maximum atomic E-state index is 13.7. The number of nitrogens with one attached hydrogen (secondary N) is 1. The molecule has 1 N–H and O–H groups in total. The number of rotatable bonds is 5. The number of ether oxygens (including phenoxy) is 1. The Morgan fingerprint density at radius 2 is 1.96 bits per heavy atom. The number of benzene rings is 2. The first-order valence-electron chi connectivity index (χ1n) is 8.95. The van der Waals surface area contributed by atoms with Gasteiger partial charge in [-0.1, -0.05) is 42.5 Å². The summed E-state index contributed by atoms with van der Waals surface area (Å²) in [6.45, 7) is 1.51. The molecular weight excluding hydrogens is 345 g/mol. The average molecular weight is 365 g/mol. The lowest BCUT2D eigenvalue weighted by molar-refractivity contribution is 0.0383. The summed E-state index contributed by atoms with van der Waals surface area (Å²) in [4.78, 5) is 12.2. The van der Waals surface area contributed by atoms with Crippen molar-refractivity contribution in [2.24, 2.45) is 0 Å².